The summed E-state index contributed by atoms with van der Waals surface area (Å²) in [6, 6.07) is 13.7. The van der Waals surface area contributed by atoms with Crippen molar-refractivity contribution in [2.45, 2.75) is 20.0 Å². The lowest BCUT2D eigenvalue weighted by Gasteiger charge is -2.15. The van der Waals surface area contributed by atoms with E-state index in [0.29, 0.717) is 17.0 Å². The third-order valence-corrected chi connectivity index (χ3v) is 3.54. The quantitative estimate of drug-likeness (QED) is 0.701. The van der Waals surface area contributed by atoms with Crippen molar-refractivity contribution in [3.63, 3.8) is 0 Å². The molecule has 2 aromatic rings. The Labute approximate surface area is 151 Å². The van der Waals surface area contributed by atoms with Gasteiger partial charge in [-0.2, -0.15) is 0 Å². The molecule has 4 N–H and O–H groups in total. The number of anilines is 1. The minimum Gasteiger partial charge on any atom is -0.481 e. The molecule has 0 radical (unpaired) electrons. The van der Waals surface area contributed by atoms with E-state index < -0.39 is 17.9 Å². The maximum absolute atomic E-state index is 12.2. The van der Waals surface area contributed by atoms with Crippen molar-refractivity contribution in [2.24, 2.45) is 5.73 Å². The van der Waals surface area contributed by atoms with Crippen LogP contribution >= 0.6 is 0 Å². The van der Waals surface area contributed by atoms with Gasteiger partial charge in [0.05, 0.1) is 6.54 Å². The number of aryl methyl sites for hydroxylation is 1. The van der Waals surface area contributed by atoms with E-state index in [1.54, 1.807) is 31.2 Å². The van der Waals surface area contributed by atoms with Crippen LogP contribution in [0.2, 0.25) is 0 Å². The van der Waals surface area contributed by atoms with Gasteiger partial charge in [-0.15, -0.1) is 0 Å². The molecule has 0 aliphatic carbocycles. The summed E-state index contributed by atoms with van der Waals surface area (Å²) in [6.07, 6.45) is -0.684. The number of nitrogens with one attached hydrogen (secondary N) is 2. The second-order valence-corrected chi connectivity index (χ2v) is 5.79. The standard InChI is InChI=1S/C19H21N3O4/c1-12-3-9-16(10-4-12)26-13(2)18(24)22-15-7-5-14(6-8-15)19(25)21-11-17(20)23/h3-10,13H,11H2,1-2H3,(H2,20,23)(H,21,25)(H,22,24). The first-order chi connectivity index (χ1) is 12.3. The number of carbonyl (C=O) groups is 3. The van der Waals surface area contributed by atoms with Crippen molar-refractivity contribution < 1.29 is 19.1 Å². The summed E-state index contributed by atoms with van der Waals surface area (Å²) in [4.78, 5) is 34.7. The summed E-state index contributed by atoms with van der Waals surface area (Å²) < 4.78 is 5.60. The molecule has 0 aliphatic rings. The van der Waals surface area contributed by atoms with Crippen molar-refractivity contribution in [1.82, 2.24) is 5.32 Å². The van der Waals surface area contributed by atoms with Gasteiger partial charge in [0.25, 0.3) is 11.8 Å². The Kier molecular flexibility index (Phi) is 6.32. The maximum atomic E-state index is 12.2. The van der Waals surface area contributed by atoms with E-state index in [0.717, 1.165) is 5.56 Å². The van der Waals surface area contributed by atoms with E-state index in [4.69, 9.17) is 10.5 Å². The highest BCUT2D eigenvalue weighted by Crippen LogP contribution is 2.15. The summed E-state index contributed by atoms with van der Waals surface area (Å²) in [5.41, 5.74) is 6.96. The SMILES string of the molecule is Cc1ccc(OC(C)C(=O)Nc2ccc(C(=O)NCC(N)=O)cc2)cc1. The summed E-state index contributed by atoms with van der Waals surface area (Å²) in [5.74, 6) is -0.737. The molecule has 1 atom stereocenters. The third-order valence-electron chi connectivity index (χ3n) is 3.54. The zero-order chi connectivity index (χ0) is 19.1. The maximum Gasteiger partial charge on any atom is 0.265 e. The minimum absolute atomic E-state index is 0.231. The van der Waals surface area contributed by atoms with Crippen LogP contribution in [0.4, 0.5) is 5.69 Å². The number of carbonyl (C=O) groups excluding carboxylic acids is 3. The number of primary amides is 1. The molecule has 0 aromatic heterocycles. The molecule has 0 fully saturated rings. The molecule has 1 unspecified atom stereocenters. The molecule has 0 saturated heterocycles. The van der Waals surface area contributed by atoms with Gasteiger partial charge in [-0.3, -0.25) is 14.4 Å². The zero-order valence-electron chi connectivity index (χ0n) is 14.6. The van der Waals surface area contributed by atoms with Crippen LogP contribution in [0.5, 0.6) is 5.75 Å². The van der Waals surface area contributed by atoms with E-state index in [9.17, 15) is 14.4 Å². The van der Waals surface area contributed by atoms with Gasteiger partial charge in [-0.1, -0.05) is 17.7 Å². The predicted octanol–water partition coefficient (Wildman–Crippen LogP) is 1.62. The highest BCUT2D eigenvalue weighted by molar-refractivity contribution is 5.98. The number of hydrogen-bond acceptors (Lipinski definition) is 4. The normalized spacial score (nSPS) is 11.3. The molecule has 0 bridgehead atoms. The molecule has 0 heterocycles. The van der Waals surface area contributed by atoms with Gasteiger partial charge in [0.15, 0.2) is 6.10 Å². The van der Waals surface area contributed by atoms with Crippen LogP contribution in [0.15, 0.2) is 48.5 Å². The Balaban J connectivity index is 1.90. The van der Waals surface area contributed by atoms with Crippen LogP contribution in [0.1, 0.15) is 22.8 Å². The van der Waals surface area contributed by atoms with Gasteiger partial charge in [-0.05, 0) is 50.2 Å². The zero-order valence-corrected chi connectivity index (χ0v) is 14.6. The monoisotopic (exact) mass is 355 g/mol. The summed E-state index contributed by atoms with van der Waals surface area (Å²) >= 11 is 0. The van der Waals surface area contributed by atoms with Crippen LogP contribution in [0.25, 0.3) is 0 Å². The lowest BCUT2D eigenvalue weighted by molar-refractivity contribution is -0.122. The van der Waals surface area contributed by atoms with Crippen molar-refractivity contribution >= 4 is 23.4 Å². The fraction of sp³-hybridized carbons (Fsp3) is 0.211. The number of amides is 3. The van der Waals surface area contributed by atoms with E-state index in [-0.39, 0.29) is 12.5 Å². The first kappa shape index (κ1) is 19.0. The third kappa shape index (κ3) is 5.62. The van der Waals surface area contributed by atoms with Gasteiger partial charge < -0.3 is 21.1 Å². The Morgan fingerprint density at radius 2 is 1.65 bits per heavy atom. The average molecular weight is 355 g/mol. The van der Waals surface area contributed by atoms with E-state index in [2.05, 4.69) is 10.6 Å². The highest BCUT2D eigenvalue weighted by Gasteiger charge is 2.15. The van der Waals surface area contributed by atoms with E-state index in [1.165, 1.54) is 12.1 Å². The van der Waals surface area contributed by atoms with Crippen LogP contribution in [-0.2, 0) is 9.59 Å². The first-order valence-corrected chi connectivity index (χ1v) is 8.06. The van der Waals surface area contributed by atoms with Crippen molar-refractivity contribution in [3.05, 3.63) is 59.7 Å². The lowest BCUT2D eigenvalue weighted by Crippen LogP contribution is -2.33. The van der Waals surface area contributed by atoms with E-state index >= 15 is 0 Å². The van der Waals surface area contributed by atoms with Gasteiger partial charge in [-0.25, -0.2) is 0 Å². The van der Waals surface area contributed by atoms with E-state index in [1.807, 2.05) is 19.1 Å². The summed E-state index contributed by atoms with van der Waals surface area (Å²) in [5, 5.41) is 5.11. The predicted molar refractivity (Wildman–Crippen MR) is 97.9 cm³/mol. The second-order valence-electron chi connectivity index (χ2n) is 5.79. The summed E-state index contributed by atoms with van der Waals surface area (Å²) in [6.45, 7) is 3.39. The smallest absolute Gasteiger partial charge is 0.265 e. The molecule has 0 spiro atoms. The number of nitrogens with two attached hydrogens (primary N) is 1. The average Bonchev–Trinajstić information content (AvgIpc) is 2.62. The Bertz CT molecular complexity index is 785. The van der Waals surface area contributed by atoms with Crippen LogP contribution < -0.4 is 21.1 Å². The Morgan fingerprint density at radius 1 is 1.04 bits per heavy atom. The first-order valence-electron chi connectivity index (χ1n) is 8.06. The lowest BCUT2D eigenvalue weighted by atomic mass is 10.2. The van der Waals surface area contributed by atoms with Gasteiger partial charge >= 0.3 is 0 Å². The molecule has 7 nitrogen and oxygen atoms in total. The van der Waals surface area contributed by atoms with Crippen LogP contribution in [-0.4, -0.2) is 30.4 Å². The number of benzene rings is 2. The fourth-order valence-corrected chi connectivity index (χ4v) is 2.09. The van der Waals surface area contributed by atoms with Crippen molar-refractivity contribution in [2.75, 3.05) is 11.9 Å². The molecular weight excluding hydrogens is 334 g/mol. The molecular formula is C19H21N3O4. The molecule has 0 aliphatic heterocycles. The molecule has 0 saturated carbocycles. The van der Waals surface area contributed by atoms with Crippen molar-refractivity contribution in [1.29, 1.82) is 0 Å². The second kappa shape index (κ2) is 8.66. The Hall–Kier alpha value is -3.35. The molecule has 2 rings (SSSR count). The molecule has 136 valence electrons. The summed E-state index contributed by atoms with van der Waals surface area (Å²) in [7, 11) is 0. The molecule has 3 amide bonds. The Morgan fingerprint density at radius 3 is 2.23 bits per heavy atom. The highest BCUT2D eigenvalue weighted by atomic mass is 16.5. The topological polar surface area (TPSA) is 111 Å². The van der Waals surface area contributed by atoms with Crippen molar-refractivity contribution in [3.8, 4) is 5.75 Å². The number of hydrogen-bond donors (Lipinski definition) is 3. The van der Waals surface area contributed by atoms with Crippen LogP contribution in [0.3, 0.4) is 0 Å². The van der Waals surface area contributed by atoms with Gasteiger partial charge in [0, 0.05) is 11.3 Å². The van der Waals surface area contributed by atoms with Gasteiger partial charge in [0.2, 0.25) is 5.91 Å². The number of rotatable bonds is 7. The molecule has 26 heavy (non-hydrogen) atoms. The van der Waals surface area contributed by atoms with Gasteiger partial charge in [0.1, 0.15) is 5.75 Å². The van der Waals surface area contributed by atoms with Crippen LogP contribution in [0, 0.1) is 6.92 Å². The molecule has 7 heteroatoms. The number of ether oxygens (including phenoxy) is 1. The molecule has 2 aromatic carbocycles. The minimum atomic E-state index is -0.684. The fourth-order valence-electron chi connectivity index (χ4n) is 2.09. The largest absolute Gasteiger partial charge is 0.481 e.